The fraction of sp³-hybridized carbons (Fsp3) is 0.353. The predicted octanol–water partition coefficient (Wildman–Crippen LogP) is 3.22. The van der Waals surface area contributed by atoms with Gasteiger partial charge in [0.05, 0.1) is 5.56 Å². The van der Waals surface area contributed by atoms with Crippen LogP contribution in [0.4, 0.5) is 17.5 Å². The zero-order chi connectivity index (χ0) is 16.2. The summed E-state index contributed by atoms with van der Waals surface area (Å²) in [4.78, 5) is 22.2. The van der Waals surface area contributed by atoms with Crippen molar-refractivity contribution in [2.24, 2.45) is 0 Å². The number of aromatic nitrogens is 2. The van der Waals surface area contributed by atoms with Crippen LogP contribution in [0.3, 0.4) is 0 Å². The molecule has 1 aliphatic heterocycles. The second kappa shape index (κ2) is 6.64. The highest BCUT2D eigenvalue weighted by atomic mass is 16.4. The topological polar surface area (TPSA) is 78.3 Å². The first-order valence-electron chi connectivity index (χ1n) is 7.83. The molecular formula is C17H20N4O2. The fourth-order valence-corrected chi connectivity index (χ4v) is 2.70. The van der Waals surface area contributed by atoms with Gasteiger partial charge in [-0.25, -0.2) is 9.78 Å². The second-order valence-electron chi connectivity index (χ2n) is 5.75. The third-order valence-electron chi connectivity index (χ3n) is 3.89. The molecule has 1 aromatic heterocycles. The molecule has 23 heavy (non-hydrogen) atoms. The minimum atomic E-state index is -0.929. The van der Waals surface area contributed by atoms with E-state index in [-0.39, 0.29) is 5.56 Å². The van der Waals surface area contributed by atoms with Crippen LogP contribution in [0.5, 0.6) is 0 Å². The molecule has 2 aromatic rings. The van der Waals surface area contributed by atoms with Crippen molar-refractivity contribution in [2.45, 2.75) is 26.2 Å². The molecule has 0 saturated carbocycles. The summed E-state index contributed by atoms with van der Waals surface area (Å²) in [6, 6.07) is 8.51. The van der Waals surface area contributed by atoms with Crippen molar-refractivity contribution in [1.29, 1.82) is 0 Å². The van der Waals surface area contributed by atoms with Gasteiger partial charge in [-0.05, 0) is 50.5 Å². The van der Waals surface area contributed by atoms with Gasteiger partial charge in [0.2, 0.25) is 5.95 Å². The van der Waals surface area contributed by atoms with Crippen LogP contribution in [-0.4, -0.2) is 34.1 Å². The molecule has 0 radical (unpaired) electrons. The molecule has 0 spiro atoms. The molecule has 2 heterocycles. The Morgan fingerprint density at radius 1 is 1.13 bits per heavy atom. The number of benzene rings is 1. The minimum Gasteiger partial charge on any atom is -0.478 e. The number of nitrogens with zero attached hydrogens (tertiary/aromatic N) is 3. The number of aromatic carboxylic acids is 1. The van der Waals surface area contributed by atoms with Crippen molar-refractivity contribution < 1.29 is 9.90 Å². The average Bonchev–Trinajstić information content (AvgIpc) is 2.55. The van der Waals surface area contributed by atoms with E-state index in [0.29, 0.717) is 0 Å². The van der Waals surface area contributed by atoms with Crippen molar-refractivity contribution in [3.8, 4) is 0 Å². The maximum atomic E-state index is 10.9. The quantitative estimate of drug-likeness (QED) is 0.902. The third-order valence-corrected chi connectivity index (χ3v) is 3.89. The molecule has 6 nitrogen and oxygen atoms in total. The van der Waals surface area contributed by atoms with Crippen molar-refractivity contribution in [3.05, 3.63) is 41.6 Å². The standard InChI is InChI=1S/C17H20N4O2/c1-12-11-15(19-14-7-5-13(6-8-14)16(22)23)20-17(18-12)21-9-3-2-4-10-21/h5-8,11H,2-4,9-10H2,1H3,(H,22,23)(H,18,19,20). The largest absolute Gasteiger partial charge is 0.478 e. The first-order chi connectivity index (χ1) is 11.1. The number of aryl methyl sites for hydroxylation is 1. The molecule has 6 heteroatoms. The highest BCUT2D eigenvalue weighted by molar-refractivity contribution is 5.88. The molecule has 3 rings (SSSR count). The number of hydrogen-bond acceptors (Lipinski definition) is 5. The monoisotopic (exact) mass is 312 g/mol. The van der Waals surface area contributed by atoms with Crippen LogP contribution >= 0.6 is 0 Å². The highest BCUT2D eigenvalue weighted by Gasteiger charge is 2.14. The van der Waals surface area contributed by atoms with Gasteiger partial charge in [-0.2, -0.15) is 4.98 Å². The Balaban J connectivity index is 1.79. The van der Waals surface area contributed by atoms with Gasteiger partial charge >= 0.3 is 5.97 Å². The molecule has 0 amide bonds. The van der Waals surface area contributed by atoms with Crippen LogP contribution in [0.1, 0.15) is 35.3 Å². The lowest BCUT2D eigenvalue weighted by atomic mass is 10.1. The summed E-state index contributed by atoms with van der Waals surface area (Å²) in [7, 11) is 0. The number of carboxylic acids is 1. The first-order valence-corrected chi connectivity index (χ1v) is 7.83. The zero-order valence-electron chi connectivity index (χ0n) is 13.1. The van der Waals surface area contributed by atoms with E-state index in [1.54, 1.807) is 24.3 Å². The van der Waals surface area contributed by atoms with Crippen molar-refractivity contribution in [1.82, 2.24) is 9.97 Å². The molecule has 1 aliphatic rings. The van der Waals surface area contributed by atoms with Crippen molar-refractivity contribution >= 4 is 23.4 Å². The van der Waals surface area contributed by atoms with E-state index in [2.05, 4.69) is 20.2 Å². The molecule has 2 N–H and O–H groups in total. The summed E-state index contributed by atoms with van der Waals surface area (Å²) < 4.78 is 0. The normalized spacial score (nSPS) is 14.6. The average molecular weight is 312 g/mol. The van der Waals surface area contributed by atoms with Gasteiger partial charge in [0.1, 0.15) is 5.82 Å². The Morgan fingerprint density at radius 2 is 1.83 bits per heavy atom. The number of carbonyl (C=O) groups is 1. The van der Waals surface area contributed by atoms with Crippen LogP contribution in [0.2, 0.25) is 0 Å². The molecule has 1 fully saturated rings. The summed E-state index contributed by atoms with van der Waals surface area (Å²) in [6.45, 7) is 3.94. The number of hydrogen-bond donors (Lipinski definition) is 2. The number of carboxylic acid groups (broad SMARTS) is 1. The Hall–Kier alpha value is -2.63. The smallest absolute Gasteiger partial charge is 0.335 e. The van der Waals surface area contributed by atoms with Crippen LogP contribution in [0.25, 0.3) is 0 Å². The van der Waals surface area contributed by atoms with E-state index in [1.165, 1.54) is 19.3 Å². The molecule has 0 bridgehead atoms. The van der Waals surface area contributed by atoms with Crippen LogP contribution in [0.15, 0.2) is 30.3 Å². The minimum absolute atomic E-state index is 0.267. The Kier molecular flexibility index (Phi) is 4.41. The van der Waals surface area contributed by atoms with Crippen molar-refractivity contribution in [2.75, 3.05) is 23.3 Å². The van der Waals surface area contributed by atoms with Crippen LogP contribution < -0.4 is 10.2 Å². The number of rotatable bonds is 4. The van der Waals surface area contributed by atoms with Gasteiger partial charge < -0.3 is 15.3 Å². The first kappa shape index (κ1) is 15.3. The van der Waals surface area contributed by atoms with Gasteiger partial charge in [0.15, 0.2) is 0 Å². The van der Waals surface area contributed by atoms with E-state index in [1.807, 2.05) is 13.0 Å². The van der Waals surface area contributed by atoms with Gasteiger partial charge in [0, 0.05) is 30.5 Å². The van der Waals surface area contributed by atoms with E-state index in [0.717, 1.165) is 36.2 Å². The van der Waals surface area contributed by atoms with Crippen molar-refractivity contribution in [3.63, 3.8) is 0 Å². The third kappa shape index (κ3) is 3.77. The van der Waals surface area contributed by atoms with Gasteiger partial charge in [0.25, 0.3) is 0 Å². The second-order valence-corrected chi connectivity index (χ2v) is 5.75. The Bertz CT molecular complexity index is 694. The van der Waals surface area contributed by atoms with Gasteiger partial charge in [-0.15, -0.1) is 0 Å². The number of nitrogens with one attached hydrogen (secondary N) is 1. The van der Waals surface area contributed by atoms with Crippen LogP contribution in [0, 0.1) is 6.92 Å². The predicted molar refractivity (Wildman–Crippen MR) is 89.5 cm³/mol. The summed E-state index contributed by atoms with van der Waals surface area (Å²) in [5.41, 5.74) is 1.98. The lowest BCUT2D eigenvalue weighted by Crippen LogP contribution is -2.31. The van der Waals surface area contributed by atoms with Gasteiger partial charge in [-0.1, -0.05) is 0 Å². The summed E-state index contributed by atoms with van der Waals surface area (Å²) in [6.07, 6.45) is 3.62. The zero-order valence-corrected chi connectivity index (χ0v) is 13.1. The lowest BCUT2D eigenvalue weighted by molar-refractivity contribution is 0.0697. The molecule has 0 aliphatic carbocycles. The fourth-order valence-electron chi connectivity index (χ4n) is 2.70. The van der Waals surface area contributed by atoms with E-state index in [4.69, 9.17) is 5.11 Å². The van der Waals surface area contributed by atoms with E-state index < -0.39 is 5.97 Å². The molecular weight excluding hydrogens is 292 g/mol. The lowest BCUT2D eigenvalue weighted by Gasteiger charge is -2.27. The van der Waals surface area contributed by atoms with Crippen LogP contribution in [-0.2, 0) is 0 Å². The highest BCUT2D eigenvalue weighted by Crippen LogP contribution is 2.21. The molecule has 1 saturated heterocycles. The Morgan fingerprint density at radius 3 is 2.48 bits per heavy atom. The maximum Gasteiger partial charge on any atom is 0.335 e. The SMILES string of the molecule is Cc1cc(Nc2ccc(C(=O)O)cc2)nc(N2CCCCC2)n1. The number of anilines is 3. The summed E-state index contributed by atoms with van der Waals surface area (Å²) in [5, 5.41) is 12.2. The summed E-state index contributed by atoms with van der Waals surface area (Å²) in [5.74, 6) is 0.553. The van der Waals surface area contributed by atoms with E-state index in [9.17, 15) is 4.79 Å². The molecule has 120 valence electrons. The molecule has 0 atom stereocenters. The maximum absolute atomic E-state index is 10.9. The summed E-state index contributed by atoms with van der Waals surface area (Å²) >= 11 is 0. The van der Waals surface area contributed by atoms with Gasteiger partial charge in [-0.3, -0.25) is 0 Å². The Labute approximate surface area is 135 Å². The number of piperidine rings is 1. The molecule has 1 aromatic carbocycles. The molecule has 0 unspecified atom stereocenters. The van der Waals surface area contributed by atoms with E-state index >= 15 is 0 Å².